The van der Waals surface area contributed by atoms with Crippen LogP contribution in [0.5, 0.6) is 0 Å². The molecular formula is C13H8Cl2N4O2. The van der Waals surface area contributed by atoms with Crippen LogP contribution in [0.25, 0.3) is 22.6 Å². The molecule has 21 heavy (non-hydrogen) atoms. The number of rotatable bonds is 1. The maximum absolute atomic E-state index is 11.2. The Morgan fingerprint density at radius 2 is 2.00 bits per heavy atom. The maximum atomic E-state index is 11.2. The summed E-state index contributed by atoms with van der Waals surface area (Å²) in [5.41, 5.74) is 2.10. The molecule has 3 aromatic rings. The van der Waals surface area contributed by atoms with E-state index < -0.39 is 0 Å². The molecule has 0 N–H and O–H groups in total. The molecule has 3 heterocycles. The topological polar surface area (TPSA) is 65.9 Å². The van der Waals surface area contributed by atoms with Gasteiger partial charge in [0.2, 0.25) is 0 Å². The molecule has 1 aliphatic rings. The quantitative estimate of drug-likeness (QED) is 0.506. The highest BCUT2D eigenvalue weighted by atomic mass is 35.5. The van der Waals surface area contributed by atoms with Crippen LogP contribution in [0.15, 0.2) is 24.4 Å². The van der Waals surface area contributed by atoms with E-state index in [0.29, 0.717) is 40.2 Å². The van der Waals surface area contributed by atoms with Crippen molar-refractivity contribution >= 4 is 39.9 Å². The van der Waals surface area contributed by atoms with Gasteiger partial charge in [-0.2, -0.15) is 0 Å². The molecule has 8 heteroatoms. The second-order valence-corrected chi connectivity index (χ2v) is 5.66. The van der Waals surface area contributed by atoms with Crippen LogP contribution in [-0.4, -0.2) is 19.0 Å². The van der Waals surface area contributed by atoms with E-state index in [1.807, 2.05) is 9.13 Å². The minimum atomic E-state index is -0.388. The molecule has 0 atom stereocenters. The fourth-order valence-corrected chi connectivity index (χ4v) is 3.09. The molecule has 0 fully saturated rings. The predicted octanol–water partition coefficient (Wildman–Crippen LogP) is 3.73. The highest BCUT2D eigenvalue weighted by Crippen LogP contribution is 2.37. The smallest absolute Gasteiger partial charge is 0.298 e. The largest absolute Gasteiger partial charge is 0.337 e. The Kier molecular flexibility index (Phi) is 2.55. The summed E-state index contributed by atoms with van der Waals surface area (Å²) in [5, 5.41) is 12.0. The van der Waals surface area contributed by atoms with Gasteiger partial charge < -0.3 is 9.13 Å². The average molecular weight is 323 g/mol. The lowest BCUT2D eigenvalue weighted by atomic mass is 10.3. The molecule has 0 radical (unpaired) electrons. The first-order valence-electron chi connectivity index (χ1n) is 6.25. The first-order chi connectivity index (χ1) is 10.1. The molecule has 6 nitrogen and oxygen atoms in total. The molecule has 106 valence electrons. The molecule has 4 rings (SSSR count). The average Bonchev–Trinajstić information content (AvgIpc) is 3.00. The van der Waals surface area contributed by atoms with Crippen molar-refractivity contribution in [2.24, 2.45) is 0 Å². The zero-order chi connectivity index (χ0) is 14.7. The fraction of sp³-hybridized carbons (Fsp3) is 0.154. The second kappa shape index (κ2) is 4.22. The lowest BCUT2D eigenvalue weighted by molar-refractivity contribution is -0.384. The number of fused-ring (bicyclic) bond motifs is 5. The van der Waals surface area contributed by atoms with E-state index in [1.54, 1.807) is 18.3 Å². The number of imidazole rings is 1. The van der Waals surface area contributed by atoms with Crippen LogP contribution in [0, 0.1) is 10.1 Å². The SMILES string of the molecule is O=[N+]([O-])c1ccn2c1-c1nc3cc(Cl)c(Cl)cc3n1CC2. The minimum Gasteiger partial charge on any atom is -0.337 e. The molecule has 0 spiro atoms. The number of aryl methyl sites for hydroxylation is 2. The van der Waals surface area contributed by atoms with E-state index in [0.717, 1.165) is 5.52 Å². The Morgan fingerprint density at radius 1 is 1.24 bits per heavy atom. The Labute approximate surface area is 128 Å². The van der Waals surface area contributed by atoms with Crippen LogP contribution < -0.4 is 0 Å². The van der Waals surface area contributed by atoms with Crippen LogP contribution in [-0.2, 0) is 13.1 Å². The zero-order valence-corrected chi connectivity index (χ0v) is 12.1. The Bertz CT molecular complexity index is 913. The lowest BCUT2D eigenvalue weighted by Crippen LogP contribution is -2.16. The van der Waals surface area contributed by atoms with Crippen molar-refractivity contribution in [1.29, 1.82) is 0 Å². The molecule has 0 amide bonds. The number of hydrogen-bond acceptors (Lipinski definition) is 3. The van der Waals surface area contributed by atoms with E-state index in [1.165, 1.54) is 6.07 Å². The number of halogens is 2. The summed E-state index contributed by atoms with van der Waals surface area (Å²) in [6.07, 6.45) is 1.72. The fourth-order valence-electron chi connectivity index (χ4n) is 2.77. The molecule has 1 aromatic carbocycles. The van der Waals surface area contributed by atoms with Crippen LogP contribution in [0.4, 0.5) is 5.69 Å². The van der Waals surface area contributed by atoms with E-state index in [2.05, 4.69) is 4.98 Å². The van der Waals surface area contributed by atoms with E-state index in [9.17, 15) is 10.1 Å². The number of nitrogens with zero attached hydrogens (tertiary/aromatic N) is 4. The molecule has 0 bridgehead atoms. The van der Waals surface area contributed by atoms with E-state index >= 15 is 0 Å². The van der Waals surface area contributed by atoms with Gasteiger partial charge in [0.1, 0.15) is 0 Å². The molecule has 0 aliphatic carbocycles. The van der Waals surface area contributed by atoms with Gasteiger partial charge in [0.15, 0.2) is 11.5 Å². The minimum absolute atomic E-state index is 0.0588. The Hall–Kier alpha value is -2.05. The first kappa shape index (κ1) is 12.7. The predicted molar refractivity (Wildman–Crippen MR) is 79.8 cm³/mol. The lowest BCUT2D eigenvalue weighted by Gasteiger charge is -2.17. The molecule has 0 unspecified atom stereocenters. The van der Waals surface area contributed by atoms with Gasteiger partial charge in [0.05, 0.1) is 26.0 Å². The van der Waals surface area contributed by atoms with E-state index in [-0.39, 0.29) is 10.6 Å². The Morgan fingerprint density at radius 3 is 2.76 bits per heavy atom. The summed E-state index contributed by atoms with van der Waals surface area (Å²) >= 11 is 12.1. The third kappa shape index (κ3) is 1.69. The zero-order valence-electron chi connectivity index (χ0n) is 10.6. The van der Waals surface area contributed by atoms with Crippen molar-refractivity contribution in [1.82, 2.24) is 14.1 Å². The monoisotopic (exact) mass is 322 g/mol. The highest BCUT2D eigenvalue weighted by molar-refractivity contribution is 6.42. The van der Waals surface area contributed by atoms with Gasteiger partial charge in [-0.3, -0.25) is 10.1 Å². The van der Waals surface area contributed by atoms with Gasteiger partial charge in [0.25, 0.3) is 5.69 Å². The van der Waals surface area contributed by atoms with Gasteiger partial charge in [0, 0.05) is 25.4 Å². The number of benzene rings is 1. The summed E-state index contributed by atoms with van der Waals surface area (Å²) in [6.45, 7) is 1.34. The third-order valence-electron chi connectivity index (χ3n) is 3.71. The number of hydrogen-bond donors (Lipinski definition) is 0. The van der Waals surface area contributed by atoms with Crippen LogP contribution in [0.3, 0.4) is 0 Å². The normalized spacial score (nSPS) is 13.2. The van der Waals surface area contributed by atoms with Crippen LogP contribution in [0.2, 0.25) is 10.0 Å². The van der Waals surface area contributed by atoms with Gasteiger partial charge in [-0.25, -0.2) is 4.98 Å². The second-order valence-electron chi connectivity index (χ2n) is 4.84. The summed E-state index contributed by atoms with van der Waals surface area (Å²) in [5.74, 6) is 0.575. The van der Waals surface area contributed by atoms with Gasteiger partial charge in [-0.15, -0.1) is 0 Å². The maximum Gasteiger partial charge on any atom is 0.298 e. The summed E-state index contributed by atoms with van der Waals surface area (Å²) < 4.78 is 3.79. The molecular weight excluding hydrogens is 315 g/mol. The highest BCUT2D eigenvalue weighted by Gasteiger charge is 2.29. The Balaban J connectivity index is 2.07. The van der Waals surface area contributed by atoms with Crippen molar-refractivity contribution in [3.8, 4) is 11.5 Å². The summed E-state index contributed by atoms with van der Waals surface area (Å²) in [7, 11) is 0. The summed E-state index contributed by atoms with van der Waals surface area (Å²) in [4.78, 5) is 15.3. The van der Waals surface area contributed by atoms with Crippen molar-refractivity contribution < 1.29 is 4.92 Å². The van der Waals surface area contributed by atoms with Gasteiger partial charge >= 0.3 is 0 Å². The first-order valence-corrected chi connectivity index (χ1v) is 7.01. The molecule has 0 saturated heterocycles. The van der Waals surface area contributed by atoms with Crippen molar-refractivity contribution in [2.45, 2.75) is 13.1 Å². The van der Waals surface area contributed by atoms with Crippen LogP contribution >= 0.6 is 23.2 Å². The molecule has 2 aromatic heterocycles. The van der Waals surface area contributed by atoms with Gasteiger partial charge in [-0.05, 0) is 12.1 Å². The summed E-state index contributed by atoms with van der Waals surface area (Å²) in [6, 6.07) is 4.94. The molecule has 0 saturated carbocycles. The van der Waals surface area contributed by atoms with Crippen molar-refractivity contribution in [3.05, 3.63) is 44.6 Å². The van der Waals surface area contributed by atoms with Crippen molar-refractivity contribution in [3.63, 3.8) is 0 Å². The van der Waals surface area contributed by atoms with Gasteiger partial charge in [-0.1, -0.05) is 23.2 Å². The van der Waals surface area contributed by atoms with E-state index in [4.69, 9.17) is 23.2 Å². The molecule has 1 aliphatic heterocycles. The number of aromatic nitrogens is 3. The van der Waals surface area contributed by atoms with Crippen molar-refractivity contribution in [2.75, 3.05) is 0 Å². The number of nitro groups is 1. The van der Waals surface area contributed by atoms with Crippen LogP contribution in [0.1, 0.15) is 0 Å². The standard InChI is InChI=1S/C13H8Cl2N4O2/c14-7-5-9-11(6-8(7)15)18-4-3-17-2-1-10(19(20)21)12(17)13(18)16-9/h1-2,5-6H,3-4H2. The third-order valence-corrected chi connectivity index (χ3v) is 4.43.